The lowest BCUT2D eigenvalue weighted by Crippen LogP contribution is -2.46. The number of hydrogen-bond acceptors (Lipinski definition) is 3. The molecule has 0 aromatic rings. The van der Waals surface area contributed by atoms with E-state index in [1.807, 2.05) is 6.08 Å². The fourth-order valence-corrected chi connectivity index (χ4v) is 7.07. The minimum atomic E-state index is -0.333. The molecule has 234 valence electrons. The van der Waals surface area contributed by atoms with Gasteiger partial charge in [-0.1, -0.05) is 141 Å². The molecule has 3 rings (SSSR count). The summed E-state index contributed by atoms with van der Waals surface area (Å²) in [6.07, 6.45) is 33.5. The van der Waals surface area contributed by atoms with Crippen LogP contribution in [0.5, 0.6) is 0 Å². The Hall–Kier alpha value is -2.72. The standard InChI is InChI=1S/C40H56O3/c1-29(17-13-19-31(3)21-22-36-33(5)25-34(41)26-37(36,6)7)15-11-12-16-30(2)18-14-20-32(4)23-24-40-38(8,9)27-35(42)28-39(40,10)43-40/h11-25,34-36,41-42H,26-28H2,1-10H3/b12-11+,17-13+,18-14+,22-21+,24-23+,29-15-,30-16+,31-19-,32-20+/t34-,35+,36-,39+,40-/m1/s1. The topological polar surface area (TPSA) is 53.0 Å². The molecule has 0 radical (unpaired) electrons. The predicted octanol–water partition coefficient (Wildman–Crippen LogP) is 9.61. The van der Waals surface area contributed by atoms with Gasteiger partial charge in [0.05, 0.1) is 12.2 Å². The molecule has 0 unspecified atom stereocenters. The maximum atomic E-state index is 10.2. The van der Waals surface area contributed by atoms with Gasteiger partial charge in [0.2, 0.25) is 0 Å². The molecule has 0 bridgehead atoms. The zero-order valence-electron chi connectivity index (χ0n) is 28.3. The van der Waals surface area contributed by atoms with E-state index in [4.69, 9.17) is 4.74 Å². The van der Waals surface area contributed by atoms with Gasteiger partial charge in [-0.3, -0.25) is 0 Å². The van der Waals surface area contributed by atoms with Gasteiger partial charge in [-0.25, -0.2) is 0 Å². The summed E-state index contributed by atoms with van der Waals surface area (Å²) in [5.74, 6) is 0.345. The minimum Gasteiger partial charge on any atom is -0.393 e. The van der Waals surface area contributed by atoms with Gasteiger partial charge >= 0.3 is 0 Å². The van der Waals surface area contributed by atoms with Crippen LogP contribution in [-0.2, 0) is 4.74 Å². The maximum absolute atomic E-state index is 10.2. The molecule has 0 amide bonds. The molecule has 0 aromatic heterocycles. The second-order valence-corrected chi connectivity index (χ2v) is 14.6. The molecule has 3 nitrogen and oxygen atoms in total. The van der Waals surface area contributed by atoms with Crippen molar-refractivity contribution in [3.8, 4) is 0 Å². The Morgan fingerprint density at radius 1 is 0.721 bits per heavy atom. The summed E-state index contributed by atoms with van der Waals surface area (Å²) in [6.45, 7) is 21.5. The zero-order chi connectivity index (χ0) is 32.1. The summed E-state index contributed by atoms with van der Waals surface area (Å²) in [5.41, 5.74) is 5.38. The van der Waals surface area contributed by atoms with Crippen molar-refractivity contribution in [3.05, 3.63) is 119 Å². The Balaban J connectivity index is 1.49. The van der Waals surface area contributed by atoms with Crippen molar-refractivity contribution in [3.63, 3.8) is 0 Å². The van der Waals surface area contributed by atoms with Crippen LogP contribution in [0.1, 0.15) is 88.5 Å². The fraction of sp³-hybridized carbons (Fsp3) is 0.500. The first-order valence-corrected chi connectivity index (χ1v) is 15.8. The molecule has 0 aromatic carbocycles. The lowest BCUT2D eigenvalue weighted by Gasteiger charge is -2.39. The SMILES string of the molecule is CC1=C[C@@H](O)CC(C)(C)[C@@H]1/C=C/C(C)=C\C=C\C(C)=C/C=C/C=C(C)/C=C/C=C(C)/C=C/[C@]12O[C@@]1(C)C[C@@H](O)CC2(C)C. The molecule has 43 heavy (non-hydrogen) atoms. The molecule has 1 saturated heterocycles. The van der Waals surface area contributed by atoms with Crippen molar-refractivity contribution < 1.29 is 14.9 Å². The van der Waals surface area contributed by atoms with Crippen LogP contribution in [0, 0.1) is 16.7 Å². The number of rotatable bonds is 10. The molecular formula is C40H56O3. The van der Waals surface area contributed by atoms with Gasteiger partial charge in [0.15, 0.2) is 0 Å². The van der Waals surface area contributed by atoms with Crippen molar-refractivity contribution in [2.24, 2.45) is 16.7 Å². The van der Waals surface area contributed by atoms with E-state index in [1.54, 1.807) is 0 Å². The van der Waals surface area contributed by atoms with E-state index < -0.39 is 0 Å². The Kier molecular flexibility index (Phi) is 11.3. The van der Waals surface area contributed by atoms with E-state index in [2.05, 4.69) is 154 Å². The molecule has 3 aliphatic rings. The average molecular weight is 585 g/mol. The third-order valence-corrected chi connectivity index (χ3v) is 9.43. The van der Waals surface area contributed by atoms with Gasteiger partial charge in [0.25, 0.3) is 0 Å². The van der Waals surface area contributed by atoms with Crippen molar-refractivity contribution >= 4 is 0 Å². The van der Waals surface area contributed by atoms with Crippen LogP contribution in [0.2, 0.25) is 0 Å². The van der Waals surface area contributed by atoms with Gasteiger partial charge in [-0.05, 0) is 65.9 Å². The third-order valence-electron chi connectivity index (χ3n) is 9.43. The third kappa shape index (κ3) is 8.91. The summed E-state index contributed by atoms with van der Waals surface area (Å²) in [5, 5.41) is 20.3. The van der Waals surface area contributed by atoms with Gasteiger partial charge in [-0.15, -0.1) is 0 Å². The quantitative estimate of drug-likeness (QED) is 0.153. The Bertz CT molecular complexity index is 1320. The van der Waals surface area contributed by atoms with Crippen LogP contribution in [0.15, 0.2) is 119 Å². The second kappa shape index (κ2) is 13.9. The highest BCUT2D eigenvalue weighted by atomic mass is 16.6. The molecule has 2 fully saturated rings. The van der Waals surface area contributed by atoms with Crippen molar-refractivity contribution in [2.75, 3.05) is 0 Å². The fourth-order valence-electron chi connectivity index (χ4n) is 7.07. The van der Waals surface area contributed by atoms with Crippen LogP contribution in [0.3, 0.4) is 0 Å². The van der Waals surface area contributed by atoms with Gasteiger partial charge in [-0.2, -0.15) is 0 Å². The Labute approximate surface area is 262 Å². The van der Waals surface area contributed by atoms with E-state index >= 15 is 0 Å². The van der Waals surface area contributed by atoms with Crippen LogP contribution >= 0.6 is 0 Å². The second-order valence-electron chi connectivity index (χ2n) is 14.6. The molecule has 1 heterocycles. The van der Waals surface area contributed by atoms with Crippen LogP contribution in [-0.4, -0.2) is 33.6 Å². The highest BCUT2D eigenvalue weighted by molar-refractivity contribution is 5.37. The first-order chi connectivity index (χ1) is 20.0. The van der Waals surface area contributed by atoms with Crippen molar-refractivity contribution in [2.45, 2.75) is 112 Å². The van der Waals surface area contributed by atoms with E-state index in [9.17, 15) is 10.2 Å². The number of hydrogen-bond donors (Lipinski definition) is 2. The molecular weight excluding hydrogens is 528 g/mol. The number of aliphatic hydroxyl groups excluding tert-OH is 2. The number of fused-ring (bicyclic) bond motifs is 1. The summed E-state index contributed by atoms with van der Waals surface area (Å²) in [6, 6.07) is 0. The van der Waals surface area contributed by atoms with Crippen molar-refractivity contribution in [1.82, 2.24) is 0 Å². The highest BCUT2D eigenvalue weighted by Crippen LogP contribution is 2.66. The number of ether oxygens (including phenoxy) is 1. The van der Waals surface area contributed by atoms with E-state index in [0.717, 1.165) is 12.8 Å². The number of epoxide rings is 1. The predicted molar refractivity (Wildman–Crippen MR) is 184 cm³/mol. The van der Waals surface area contributed by atoms with Gasteiger partial charge in [0, 0.05) is 17.8 Å². The first-order valence-electron chi connectivity index (χ1n) is 15.8. The number of aliphatic hydroxyl groups is 2. The molecule has 2 aliphatic carbocycles. The minimum absolute atomic E-state index is 0.0547. The monoisotopic (exact) mass is 584 g/mol. The summed E-state index contributed by atoms with van der Waals surface area (Å²) in [4.78, 5) is 0. The lowest BCUT2D eigenvalue weighted by molar-refractivity contribution is 0.0515. The molecule has 2 N–H and O–H groups in total. The Morgan fingerprint density at radius 2 is 1.23 bits per heavy atom. The summed E-state index contributed by atoms with van der Waals surface area (Å²) in [7, 11) is 0. The summed E-state index contributed by atoms with van der Waals surface area (Å²) >= 11 is 0. The number of allylic oxidation sites excluding steroid dienone is 18. The lowest BCUT2D eigenvalue weighted by atomic mass is 9.63. The summed E-state index contributed by atoms with van der Waals surface area (Å²) < 4.78 is 6.25. The molecule has 5 atom stereocenters. The van der Waals surface area contributed by atoms with E-state index in [0.29, 0.717) is 12.3 Å². The molecule has 3 heteroatoms. The molecule has 1 aliphatic heterocycles. The normalized spacial score (nSPS) is 33.8. The maximum Gasteiger partial charge on any atom is 0.121 e. The van der Waals surface area contributed by atoms with Crippen molar-refractivity contribution in [1.29, 1.82) is 0 Å². The molecule has 0 spiro atoms. The van der Waals surface area contributed by atoms with E-state index in [-0.39, 0.29) is 34.2 Å². The smallest absolute Gasteiger partial charge is 0.121 e. The Morgan fingerprint density at radius 3 is 1.77 bits per heavy atom. The first kappa shape index (κ1) is 34.8. The van der Waals surface area contributed by atoms with Crippen LogP contribution in [0.25, 0.3) is 0 Å². The zero-order valence-corrected chi connectivity index (χ0v) is 28.3. The largest absolute Gasteiger partial charge is 0.393 e. The van der Waals surface area contributed by atoms with Crippen LogP contribution < -0.4 is 0 Å². The molecule has 1 saturated carbocycles. The van der Waals surface area contributed by atoms with E-state index in [1.165, 1.54) is 27.9 Å². The van der Waals surface area contributed by atoms with Gasteiger partial charge < -0.3 is 14.9 Å². The van der Waals surface area contributed by atoms with Gasteiger partial charge in [0.1, 0.15) is 11.2 Å². The van der Waals surface area contributed by atoms with Crippen LogP contribution in [0.4, 0.5) is 0 Å². The highest BCUT2D eigenvalue weighted by Gasteiger charge is 2.74. The average Bonchev–Trinajstić information content (AvgIpc) is 3.49.